The highest BCUT2D eigenvalue weighted by Crippen LogP contribution is 2.28. The molecule has 1 N–H and O–H groups in total. The van der Waals surface area contributed by atoms with Gasteiger partial charge in [-0.3, -0.25) is 4.68 Å². The largest absolute Gasteiger partial charge is 0.356 e. The monoisotopic (exact) mass is 420 g/mol. The maximum absolute atomic E-state index is 4.95. The molecule has 0 unspecified atom stereocenters. The van der Waals surface area contributed by atoms with Crippen molar-refractivity contribution in [1.29, 1.82) is 0 Å². The molecule has 2 aliphatic rings. The number of fused-ring (bicyclic) bond motifs is 1. The van der Waals surface area contributed by atoms with E-state index in [0.717, 1.165) is 66.4 Å². The second-order valence-electron chi connectivity index (χ2n) is 9.21. The molecule has 0 atom stereocenters. The van der Waals surface area contributed by atoms with Gasteiger partial charge < -0.3 is 15.1 Å². The van der Waals surface area contributed by atoms with Gasteiger partial charge in [-0.1, -0.05) is 6.92 Å². The van der Waals surface area contributed by atoms with Crippen molar-refractivity contribution >= 4 is 34.3 Å². The number of nitrogens with zero attached hydrogens (tertiary/aromatic N) is 7. The van der Waals surface area contributed by atoms with E-state index in [1.165, 1.54) is 25.7 Å². The molecule has 31 heavy (non-hydrogen) atoms. The van der Waals surface area contributed by atoms with E-state index in [4.69, 9.17) is 9.97 Å². The second kappa shape index (κ2) is 8.32. The van der Waals surface area contributed by atoms with E-state index in [-0.39, 0.29) is 0 Å². The Morgan fingerprint density at radius 1 is 0.935 bits per heavy atom. The van der Waals surface area contributed by atoms with Crippen LogP contribution in [0.15, 0.2) is 24.5 Å². The molecule has 5 rings (SSSR count). The molecule has 0 saturated carbocycles. The summed E-state index contributed by atoms with van der Waals surface area (Å²) in [6, 6.07) is 4.41. The van der Waals surface area contributed by atoms with E-state index < -0.39 is 0 Å². The Hall–Kier alpha value is -2.90. The summed E-state index contributed by atoms with van der Waals surface area (Å²) in [6.07, 6.45) is 8.58. The average molecular weight is 421 g/mol. The second-order valence-corrected chi connectivity index (χ2v) is 9.21. The molecular formula is C23H32N8. The maximum atomic E-state index is 4.95. The van der Waals surface area contributed by atoms with Gasteiger partial charge in [0.15, 0.2) is 0 Å². The Labute approximate surface area is 183 Å². The summed E-state index contributed by atoms with van der Waals surface area (Å²) < 4.78 is 2.03. The summed E-state index contributed by atoms with van der Waals surface area (Å²) in [5.74, 6) is 4.19. The van der Waals surface area contributed by atoms with Crippen molar-refractivity contribution in [3.8, 4) is 0 Å². The Morgan fingerprint density at radius 2 is 1.71 bits per heavy atom. The molecular weight excluding hydrogens is 388 g/mol. The Bertz CT molecular complexity index is 1040. The third-order valence-corrected chi connectivity index (χ3v) is 6.42. The highest BCUT2D eigenvalue weighted by Gasteiger charge is 2.22. The molecule has 164 valence electrons. The Morgan fingerprint density at radius 3 is 2.45 bits per heavy atom. The topological polar surface area (TPSA) is 75.0 Å². The maximum Gasteiger partial charge on any atom is 0.229 e. The predicted molar refractivity (Wildman–Crippen MR) is 125 cm³/mol. The molecule has 3 aromatic heterocycles. The van der Waals surface area contributed by atoms with Gasteiger partial charge >= 0.3 is 0 Å². The summed E-state index contributed by atoms with van der Waals surface area (Å²) in [6.45, 7) is 10.8. The van der Waals surface area contributed by atoms with Crippen LogP contribution >= 0.6 is 0 Å². The highest BCUT2D eigenvalue weighted by atomic mass is 15.3. The third kappa shape index (κ3) is 4.16. The van der Waals surface area contributed by atoms with E-state index >= 15 is 0 Å². The molecule has 5 heterocycles. The van der Waals surface area contributed by atoms with Crippen molar-refractivity contribution < 1.29 is 0 Å². The minimum absolute atomic E-state index is 0.293. The highest BCUT2D eigenvalue weighted by molar-refractivity contribution is 5.81. The molecule has 0 amide bonds. The van der Waals surface area contributed by atoms with Crippen molar-refractivity contribution in [1.82, 2.24) is 24.7 Å². The molecule has 8 nitrogen and oxygen atoms in total. The van der Waals surface area contributed by atoms with Crippen molar-refractivity contribution in [2.75, 3.05) is 41.3 Å². The molecule has 0 bridgehead atoms. The lowest BCUT2D eigenvalue weighted by Crippen LogP contribution is -2.34. The normalized spacial score (nSPS) is 17.8. The molecule has 8 heteroatoms. The predicted octanol–water partition coefficient (Wildman–Crippen LogP) is 4.38. The fraction of sp³-hybridized carbons (Fsp3) is 0.565. The first-order chi connectivity index (χ1) is 15.1. The van der Waals surface area contributed by atoms with E-state index in [1.54, 1.807) is 0 Å². The lowest BCUT2D eigenvalue weighted by Gasteiger charge is -2.31. The fourth-order valence-electron chi connectivity index (χ4n) is 4.50. The minimum atomic E-state index is 0.293. The van der Waals surface area contributed by atoms with Crippen LogP contribution < -0.4 is 15.1 Å². The molecule has 2 saturated heterocycles. The zero-order chi connectivity index (χ0) is 21.4. The van der Waals surface area contributed by atoms with Crippen LogP contribution in [-0.4, -0.2) is 50.9 Å². The number of hydrogen-bond acceptors (Lipinski definition) is 7. The van der Waals surface area contributed by atoms with Gasteiger partial charge in [0.2, 0.25) is 5.95 Å². The van der Waals surface area contributed by atoms with E-state index in [0.29, 0.717) is 6.04 Å². The lowest BCUT2D eigenvalue weighted by molar-refractivity contribution is 0.434. The van der Waals surface area contributed by atoms with Gasteiger partial charge in [0.05, 0.1) is 11.7 Å². The first kappa shape index (κ1) is 20.0. The smallest absolute Gasteiger partial charge is 0.229 e. The van der Waals surface area contributed by atoms with Gasteiger partial charge in [-0.15, -0.1) is 0 Å². The summed E-state index contributed by atoms with van der Waals surface area (Å²) in [5.41, 5.74) is 1.08. The first-order valence-corrected chi connectivity index (χ1v) is 11.6. The van der Waals surface area contributed by atoms with Crippen molar-refractivity contribution in [2.45, 2.75) is 52.5 Å². The number of rotatable bonds is 5. The van der Waals surface area contributed by atoms with E-state index in [9.17, 15) is 0 Å². The van der Waals surface area contributed by atoms with Crippen LogP contribution in [0.3, 0.4) is 0 Å². The fourth-order valence-corrected chi connectivity index (χ4v) is 4.50. The molecule has 2 aliphatic heterocycles. The lowest BCUT2D eigenvalue weighted by atomic mass is 10.00. The summed E-state index contributed by atoms with van der Waals surface area (Å²) in [7, 11) is 0. The van der Waals surface area contributed by atoms with Crippen LogP contribution in [0.2, 0.25) is 0 Å². The van der Waals surface area contributed by atoms with E-state index in [2.05, 4.69) is 58.1 Å². The molecule has 3 aromatic rings. The van der Waals surface area contributed by atoms with E-state index in [1.807, 2.05) is 17.1 Å². The number of piperidine rings is 1. The zero-order valence-electron chi connectivity index (χ0n) is 18.8. The number of aromatic nitrogens is 5. The minimum Gasteiger partial charge on any atom is -0.356 e. The van der Waals surface area contributed by atoms with Crippen molar-refractivity contribution in [3.63, 3.8) is 0 Å². The molecule has 0 aliphatic carbocycles. The Kier molecular flexibility index (Phi) is 5.38. The van der Waals surface area contributed by atoms with Gasteiger partial charge in [0.25, 0.3) is 0 Å². The number of anilines is 4. The van der Waals surface area contributed by atoms with Crippen molar-refractivity contribution in [2.24, 2.45) is 5.92 Å². The SMILES string of the molecule is CC1CCN(c2nc(Nc3cc4c(cn3)cnn4C(C)C)cc(N3CCCC3)n2)CC1. The molecule has 0 aromatic carbocycles. The standard InChI is InChI=1S/C23H32N8/c1-16(2)31-19-12-20(24-14-18(19)15-25-31)26-21-13-22(29-8-4-5-9-29)28-23(27-21)30-10-6-17(3)7-11-30/h12-17H,4-11H2,1-3H3,(H,24,26,27,28). The van der Waals surface area contributed by atoms with Gasteiger partial charge in [-0.05, 0) is 45.4 Å². The van der Waals surface area contributed by atoms with Gasteiger partial charge in [0.1, 0.15) is 17.5 Å². The average Bonchev–Trinajstić information content (AvgIpc) is 3.44. The molecule has 0 spiro atoms. The summed E-state index contributed by atoms with van der Waals surface area (Å²) >= 11 is 0. The van der Waals surface area contributed by atoms with Gasteiger partial charge in [-0.25, -0.2) is 4.98 Å². The Balaban J connectivity index is 1.47. The van der Waals surface area contributed by atoms with Crippen LogP contribution in [0.25, 0.3) is 10.9 Å². The van der Waals surface area contributed by atoms with Gasteiger partial charge in [-0.2, -0.15) is 15.1 Å². The molecule has 0 radical (unpaired) electrons. The third-order valence-electron chi connectivity index (χ3n) is 6.42. The summed E-state index contributed by atoms with van der Waals surface area (Å²) in [5, 5.41) is 8.99. The zero-order valence-corrected chi connectivity index (χ0v) is 18.8. The number of nitrogens with one attached hydrogen (secondary N) is 1. The quantitative estimate of drug-likeness (QED) is 0.656. The van der Waals surface area contributed by atoms with Crippen LogP contribution in [0.1, 0.15) is 52.5 Å². The number of hydrogen-bond donors (Lipinski definition) is 1. The number of pyridine rings is 1. The van der Waals surface area contributed by atoms with Crippen LogP contribution in [0.5, 0.6) is 0 Å². The van der Waals surface area contributed by atoms with Crippen LogP contribution in [0.4, 0.5) is 23.4 Å². The van der Waals surface area contributed by atoms with Crippen molar-refractivity contribution in [3.05, 3.63) is 24.5 Å². The summed E-state index contributed by atoms with van der Waals surface area (Å²) in [4.78, 5) is 19.1. The van der Waals surface area contributed by atoms with Gasteiger partial charge in [0, 0.05) is 55.9 Å². The van der Waals surface area contributed by atoms with Crippen LogP contribution in [0, 0.1) is 5.92 Å². The molecule has 2 fully saturated rings. The van der Waals surface area contributed by atoms with Crippen LogP contribution in [-0.2, 0) is 0 Å². The first-order valence-electron chi connectivity index (χ1n) is 11.6.